The fourth-order valence-corrected chi connectivity index (χ4v) is 0.769. The summed E-state index contributed by atoms with van der Waals surface area (Å²) in [5, 5.41) is 10.00. The molecule has 0 unspecified atom stereocenters. The first-order chi connectivity index (χ1) is 4.63. The topological polar surface area (TPSA) is 49.8 Å². The molecular formula is C6H9NO3. The van der Waals surface area contributed by atoms with Crippen molar-refractivity contribution in [3.8, 4) is 0 Å². The Labute approximate surface area is 58.7 Å². The Hall–Kier alpha value is -1.03. The molecule has 4 nitrogen and oxygen atoms in total. The lowest BCUT2D eigenvalue weighted by Gasteiger charge is -2.09. The average Bonchev–Trinajstić information content (AvgIpc) is 2.14. The third kappa shape index (κ3) is 0.974. The molecule has 0 atom stereocenters. The monoisotopic (exact) mass is 143 g/mol. The number of carboxylic acids is 1. The zero-order chi connectivity index (χ0) is 7.72. The van der Waals surface area contributed by atoms with Gasteiger partial charge in [-0.1, -0.05) is 0 Å². The van der Waals surface area contributed by atoms with E-state index >= 15 is 0 Å². The summed E-state index contributed by atoms with van der Waals surface area (Å²) in [5.41, 5.74) is 1.01. The van der Waals surface area contributed by atoms with Crippen molar-refractivity contribution in [1.82, 2.24) is 5.06 Å². The number of rotatable bonds is 1. The van der Waals surface area contributed by atoms with Gasteiger partial charge in [-0.15, -0.1) is 0 Å². The molecule has 4 heteroatoms. The normalized spacial score (nSPS) is 18.4. The first-order valence-electron chi connectivity index (χ1n) is 2.92. The molecule has 1 aliphatic heterocycles. The van der Waals surface area contributed by atoms with Gasteiger partial charge < -0.3 is 5.11 Å². The summed E-state index contributed by atoms with van der Waals surface area (Å²) in [4.78, 5) is 15.3. The molecule has 0 aromatic heterocycles. The average molecular weight is 143 g/mol. The van der Waals surface area contributed by atoms with E-state index in [-0.39, 0.29) is 6.61 Å². The zero-order valence-corrected chi connectivity index (χ0v) is 5.92. The second-order valence-corrected chi connectivity index (χ2v) is 2.14. The van der Waals surface area contributed by atoms with Crippen LogP contribution in [-0.2, 0) is 9.63 Å². The van der Waals surface area contributed by atoms with Gasteiger partial charge in [0.25, 0.3) is 0 Å². The van der Waals surface area contributed by atoms with Gasteiger partial charge in [0.05, 0.1) is 11.3 Å². The van der Waals surface area contributed by atoms with Gasteiger partial charge in [0.15, 0.2) is 0 Å². The van der Waals surface area contributed by atoms with Crippen LogP contribution in [0.3, 0.4) is 0 Å². The fraction of sp³-hybridized carbons (Fsp3) is 0.500. The standard InChI is InChI=1S/C6H9NO3/c1-4-5(6(8)9)3-10-7(4)2/h3H2,1-2H3,(H,8,9). The van der Waals surface area contributed by atoms with Gasteiger partial charge in [-0.2, -0.15) is 0 Å². The van der Waals surface area contributed by atoms with Crippen LogP contribution in [-0.4, -0.2) is 29.8 Å². The maximum atomic E-state index is 10.4. The molecular weight excluding hydrogens is 134 g/mol. The van der Waals surface area contributed by atoms with Crippen LogP contribution in [0.4, 0.5) is 0 Å². The molecule has 0 bridgehead atoms. The van der Waals surface area contributed by atoms with E-state index in [2.05, 4.69) is 0 Å². The Morgan fingerprint density at radius 3 is 2.60 bits per heavy atom. The molecule has 1 aliphatic rings. The third-order valence-corrected chi connectivity index (χ3v) is 1.57. The van der Waals surface area contributed by atoms with Crippen LogP contribution in [0.1, 0.15) is 6.92 Å². The van der Waals surface area contributed by atoms with Crippen molar-refractivity contribution < 1.29 is 14.7 Å². The lowest BCUT2D eigenvalue weighted by molar-refractivity contribution is -0.133. The summed E-state index contributed by atoms with van der Waals surface area (Å²) in [6.07, 6.45) is 0. The number of hydrogen-bond acceptors (Lipinski definition) is 3. The quantitative estimate of drug-likeness (QED) is 0.570. The second-order valence-electron chi connectivity index (χ2n) is 2.14. The minimum absolute atomic E-state index is 0.178. The number of hydrogen-bond donors (Lipinski definition) is 1. The van der Waals surface area contributed by atoms with E-state index in [1.807, 2.05) is 0 Å². The highest BCUT2D eigenvalue weighted by molar-refractivity contribution is 5.87. The second kappa shape index (κ2) is 2.30. The number of nitrogens with zero attached hydrogens (tertiary/aromatic N) is 1. The molecule has 0 aromatic carbocycles. The van der Waals surface area contributed by atoms with Gasteiger partial charge in [0.2, 0.25) is 0 Å². The molecule has 1 heterocycles. The van der Waals surface area contributed by atoms with E-state index in [1.165, 1.54) is 5.06 Å². The van der Waals surface area contributed by atoms with Crippen molar-refractivity contribution in [1.29, 1.82) is 0 Å². The molecule has 1 rings (SSSR count). The lowest BCUT2D eigenvalue weighted by atomic mass is 10.2. The summed E-state index contributed by atoms with van der Waals surface area (Å²) in [6.45, 7) is 1.90. The van der Waals surface area contributed by atoms with Gasteiger partial charge in [-0.05, 0) is 6.92 Å². The highest BCUT2D eigenvalue weighted by atomic mass is 16.7. The van der Waals surface area contributed by atoms with Gasteiger partial charge in [-0.25, -0.2) is 4.79 Å². The van der Waals surface area contributed by atoms with E-state index in [4.69, 9.17) is 9.94 Å². The fourth-order valence-electron chi connectivity index (χ4n) is 0.769. The number of carboxylic acid groups (broad SMARTS) is 1. The van der Waals surface area contributed by atoms with Crippen molar-refractivity contribution in [2.75, 3.05) is 13.7 Å². The molecule has 0 spiro atoms. The lowest BCUT2D eigenvalue weighted by Crippen LogP contribution is -2.09. The van der Waals surface area contributed by atoms with Crippen LogP contribution < -0.4 is 0 Å². The predicted octanol–water partition coefficient (Wildman–Crippen LogP) is 0.222. The first-order valence-corrected chi connectivity index (χ1v) is 2.92. The SMILES string of the molecule is CC1=C(C(=O)O)CON1C. The van der Waals surface area contributed by atoms with Gasteiger partial charge in [-0.3, -0.25) is 9.90 Å². The first kappa shape index (κ1) is 7.08. The maximum Gasteiger partial charge on any atom is 0.335 e. The molecule has 1 N–H and O–H groups in total. The highest BCUT2D eigenvalue weighted by Gasteiger charge is 2.21. The minimum Gasteiger partial charge on any atom is -0.478 e. The molecule has 0 saturated carbocycles. The highest BCUT2D eigenvalue weighted by Crippen LogP contribution is 2.16. The zero-order valence-electron chi connectivity index (χ0n) is 5.92. The molecule has 0 aromatic rings. The number of allylic oxidation sites excluding steroid dienone is 1. The van der Waals surface area contributed by atoms with Crippen LogP contribution in [0.25, 0.3) is 0 Å². The molecule has 0 radical (unpaired) electrons. The van der Waals surface area contributed by atoms with Crippen molar-refractivity contribution in [3.05, 3.63) is 11.3 Å². The number of carbonyl (C=O) groups is 1. The summed E-state index contributed by atoms with van der Waals surface area (Å²) in [6, 6.07) is 0. The number of aliphatic carboxylic acids is 1. The van der Waals surface area contributed by atoms with Crippen LogP contribution in [0.5, 0.6) is 0 Å². The Bertz CT molecular complexity index is 197. The van der Waals surface area contributed by atoms with Crippen LogP contribution in [0.2, 0.25) is 0 Å². The van der Waals surface area contributed by atoms with Crippen molar-refractivity contribution in [3.63, 3.8) is 0 Å². The molecule has 0 amide bonds. The third-order valence-electron chi connectivity index (χ3n) is 1.57. The van der Waals surface area contributed by atoms with Crippen molar-refractivity contribution >= 4 is 5.97 Å². The molecule has 0 aliphatic carbocycles. The van der Waals surface area contributed by atoms with Crippen LogP contribution in [0.15, 0.2) is 11.3 Å². The number of hydroxylamine groups is 2. The largest absolute Gasteiger partial charge is 0.478 e. The minimum atomic E-state index is -0.901. The van der Waals surface area contributed by atoms with Gasteiger partial charge >= 0.3 is 5.97 Å². The summed E-state index contributed by atoms with van der Waals surface area (Å²) in [7, 11) is 1.69. The Morgan fingerprint density at radius 2 is 2.40 bits per heavy atom. The molecule has 56 valence electrons. The maximum absolute atomic E-state index is 10.4. The molecule has 10 heavy (non-hydrogen) atoms. The van der Waals surface area contributed by atoms with E-state index in [1.54, 1.807) is 14.0 Å². The molecule has 0 fully saturated rings. The predicted molar refractivity (Wildman–Crippen MR) is 34.1 cm³/mol. The van der Waals surface area contributed by atoms with E-state index in [0.29, 0.717) is 11.3 Å². The van der Waals surface area contributed by atoms with E-state index in [9.17, 15) is 4.79 Å². The summed E-state index contributed by atoms with van der Waals surface area (Å²) < 4.78 is 0. The van der Waals surface area contributed by atoms with Crippen LogP contribution >= 0.6 is 0 Å². The Balaban J connectivity index is 2.85. The van der Waals surface area contributed by atoms with Crippen molar-refractivity contribution in [2.45, 2.75) is 6.92 Å². The van der Waals surface area contributed by atoms with Gasteiger partial charge in [0.1, 0.15) is 6.61 Å². The Kier molecular flexibility index (Phi) is 1.63. The molecule has 0 saturated heterocycles. The van der Waals surface area contributed by atoms with Crippen molar-refractivity contribution in [2.24, 2.45) is 0 Å². The summed E-state index contributed by atoms with van der Waals surface area (Å²) >= 11 is 0. The van der Waals surface area contributed by atoms with Crippen LogP contribution in [0, 0.1) is 0 Å². The van der Waals surface area contributed by atoms with Gasteiger partial charge in [0, 0.05) is 7.05 Å². The Morgan fingerprint density at radius 1 is 1.80 bits per heavy atom. The summed E-state index contributed by atoms with van der Waals surface area (Å²) in [5.74, 6) is -0.901. The van der Waals surface area contributed by atoms with E-state index in [0.717, 1.165) is 0 Å². The van der Waals surface area contributed by atoms with E-state index < -0.39 is 5.97 Å². The smallest absolute Gasteiger partial charge is 0.335 e.